The van der Waals surface area contributed by atoms with Crippen LogP contribution in [0, 0.1) is 3.57 Å². The van der Waals surface area contributed by atoms with Crippen LogP contribution in [0.25, 0.3) is 0 Å². The van der Waals surface area contributed by atoms with Crippen LogP contribution in [0.2, 0.25) is 0 Å². The van der Waals surface area contributed by atoms with E-state index in [1.807, 2.05) is 12.1 Å². The third-order valence-corrected chi connectivity index (χ3v) is 6.58. The Morgan fingerprint density at radius 3 is 2.81 bits per heavy atom. The zero-order valence-electron chi connectivity index (χ0n) is 10.5. The molecule has 114 valence electrons. The van der Waals surface area contributed by atoms with E-state index in [2.05, 4.69) is 32.9 Å². The minimum atomic E-state index is -1.62. The maximum atomic E-state index is 12.3. The number of hydrogen-bond donors (Lipinski definition) is 1. The van der Waals surface area contributed by atoms with Crippen molar-refractivity contribution >= 4 is 91.2 Å². The normalized spacial score (nSPS) is 16.5. The van der Waals surface area contributed by atoms with Crippen molar-refractivity contribution in [2.24, 2.45) is 4.99 Å². The minimum Gasteiger partial charge on any atom is -0.336 e. The fraction of sp³-hybridized carbons (Fsp3) is 0.333. The fourth-order valence-corrected chi connectivity index (χ4v) is 4.62. The van der Waals surface area contributed by atoms with Crippen molar-refractivity contribution in [1.82, 2.24) is 5.32 Å². The molecule has 0 bridgehead atoms. The molecule has 0 aromatic heterocycles. The first-order chi connectivity index (χ1) is 9.86. The van der Waals surface area contributed by atoms with Crippen LogP contribution in [0.4, 0.5) is 0 Å². The summed E-state index contributed by atoms with van der Waals surface area (Å²) in [7, 11) is 0. The molecule has 21 heavy (non-hydrogen) atoms. The van der Waals surface area contributed by atoms with Gasteiger partial charge in [0.1, 0.15) is 9.75 Å². The molecule has 1 aliphatic rings. The summed E-state index contributed by atoms with van der Waals surface area (Å²) in [6, 6.07) is 7.21. The number of halogens is 4. The second-order valence-electron chi connectivity index (χ2n) is 4.02. The van der Waals surface area contributed by atoms with E-state index < -0.39 is 9.17 Å². The van der Waals surface area contributed by atoms with Gasteiger partial charge in [-0.2, -0.15) is 0 Å². The number of amides is 1. The fourth-order valence-electron chi connectivity index (χ4n) is 1.50. The SMILES string of the molecule is O=C(NC(SC1=NCCS1)C(Cl)(Cl)Cl)c1cccc(I)c1. The average molecular weight is 496 g/mol. The topological polar surface area (TPSA) is 41.5 Å². The van der Waals surface area contributed by atoms with Crippen LogP contribution in [0.1, 0.15) is 10.4 Å². The van der Waals surface area contributed by atoms with Gasteiger partial charge in [-0.3, -0.25) is 9.79 Å². The molecule has 1 aromatic carbocycles. The van der Waals surface area contributed by atoms with Crippen LogP contribution in [-0.2, 0) is 0 Å². The molecule has 0 saturated heterocycles. The molecule has 0 saturated carbocycles. The van der Waals surface area contributed by atoms with Crippen LogP contribution in [-0.4, -0.2) is 31.7 Å². The Hall–Kier alpha value is 0.660. The van der Waals surface area contributed by atoms with E-state index in [0.717, 1.165) is 20.2 Å². The van der Waals surface area contributed by atoms with Crippen molar-refractivity contribution in [2.45, 2.75) is 9.17 Å². The Labute approximate surface area is 160 Å². The van der Waals surface area contributed by atoms with Gasteiger partial charge in [0.15, 0.2) is 0 Å². The molecule has 9 heteroatoms. The van der Waals surface area contributed by atoms with Crippen LogP contribution in [0.3, 0.4) is 0 Å². The second-order valence-corrected chi connectivity index (χ2v) is 10.1. The van der Waals surface area contributed by atoms with Crippen LogP contribution in [0.5, 0.6) is 0 Å². The van der Waals surface area contributed by atoms with Gasteiger partial charge in [-0.25, -0.2) is 0 Å². The zero-order chi connectivity index (χ0) is 15.5. The highest BCUT2D eigenvalue weighted by molar-refractivity contribution is 14.1. The number of rotatable bonds is 3. The van der Waals surface area contributed by atoms with E-state index in [1.165, 1.54) is 11.8 Å². The van der Waals surface area contributed by atoms with Crippen LogP contribution in [0.15, 0.2) is 29.3 Å². The van der Waals surface area contributed by atoms with E-state index in [4.69, 9.17) is 34.8 Å². The van der Waals surface area contributed by atoms with Crippen LogP contribution >= 0.6 is 80.9 Å². The van der Waals surface area contributed by atoms with Crippen molar-refractivity contribution in [3.05, 3.63) is 33.4 Å². The molecule has 0 fully saturated rings. The van der Waals surface area contributed by atoms with Crippen molar-refractivity contribution < 1.29 is 4.79 Å². The largest absolute Gasteiger partial charge is 0.336 e. The maximum Gasteiger partial charge on any atom is 0.252 e. The van der Waals surface area contributed by atoms with E-state index in [-0.39, 0.29) is 5.91 Å². The molecule has 2 rings (SSSR count). The minimum absolute atomic E-state index is 0.277. The van der Waals surface area contributed by atoms with Gasteiger partial charge in [0.25, 0.3) is 5.91 Å². The number of nitrogens with zero attached hydrogens (tertiary/aromatic N) is 1. The lowest BCUT2D eigenvalue weighted by Gasteiger charge is -2.24. The Morgan fingerprint density at radius 1 is 1.48 bits per heavy atom. The summed E-state index contributed by atoms with van der Waals surface area (Å²) in [5.41, 5.74) is 0.530. The van der Waals surface area contributed by atoms with Gasteiger partial charge in [0, 0.05) is 14.9 Å². The highest BCUT2D eigenvalue weighted by atomic mass is 127. The first-order valence-corrected chi connectivity index (χ1v) is 9.91. The molecule has 0 radical (unpaired) electrons. The van der Waals surface area contributed by atoms with Gasteiger partial charge in [-0.15, -0.1) is 0 Å². The molecule has 1 unspecified atom stereocenters. The van der Waals surface area contributed by atoms with Crippen LogP contribution < -0.4 is 5.32 Å². The molecule has 1 aromatic rings. The lowest BCUT2D eigenvalue weighted by molar-refractivity contribution is 0.0950. The first kappa shape index (κ1) is 18.0. The summed E-state index contributed by atoms with van der Waals surface area (Å²) in [6.07, 6.45) is 0. The second kappa shape index (κ2) is 7.97. The van der Waals surface area contributed by atoms with Gasteiger partial charge in [0.05, 0.1) is 6.54 Å². The predicted molar refractivity (Wildman–Crippen MR) is 103 cm³/mol. The number of thioether (sulfide) groups is 2. The third kappa shape index (κ3) is 5.66. The standard InChI is InChI=1S/C12H10Cl3IN2OS2/c13-12(14,15)10(21-11-17-4-5-20-11)18-9(19)7-2-1-3-8(16)6-7/h1-3,6,10H,4-5H2,(H,18,19). The van der Waals surface area contributed by atoms with Gasteiger partial charge in [-0.1, -0.05) is 64.4 Å². The Bertz CT molecular complexity index is 566. The Morgan fingerprint density at radius 2 is 2.24 bits per heavy atom. The number of alkyl halides is 3. The van der Waals surface area contributed by atoms with E-state index in [1.54, 1.807) is 23.9 Å². The Balaban J connectivity index is 2.09. The smallest absolute Gasteiger partial charge is 0.252 e. The van der Waals surface area contributed by atoms with Gasteiger partial charge < -0.3 is 5.32 Å². The summed E-state index contributed by atoms with van der Waals surface area (Å²) in [5, 5.41) is 2.06. The van der Waals surface area contributed by atoms with Crippen molar-refractivity contribution in [1.29, 1.82) is 0 Å². The lowest BCUT2D eigenvalue weighted by atomic mass is 10.2. The number of carbonyl (C=O) groups is 1. The van der Waals surface area contributed by atoms with Gasteiger partial charge >= 0.3 is 0 Å². The predicted octanol–water partition coefficient (Wildman–Crippen LogP) is 4.55. The number of nitrogens with one attached hydrogen (secondary N) is 1. The molecule has 1 atom stereocenters. The first-order valence-electron chi connectivity index (χ1n) is 5.83. The zero-order valence-corrected chi connectivity index (χ0v) is 16.5. The van der Waals surface area contributed by atoms with Gasteiger partial charge in [0.2, 0.25) is 3.79 Å². The van der Waals surface area contributed by atoms with E-state index >= 15 is 0 Å². The molecule has 0 aliphatic carbocycles. The van der Waals surface area contributed by atoms with Crippen molar-refractivity contribution in [3.8, 4) is 0 Å². The number of benzene rings is 1. The summed E-state index contributed by atoms with van der Waals surface area (Å²) in [6.45, 7) is 0.754. The van der Waals surface area contributed by atoms with Crippen molar-refractivity contribution in [3.63, 3.8) is 0 Å². The van der Waals surface area contributed by atoms with Gasteiger partial charge in [-0.05, 0) is 40.8 Å². The highest BCUT2D eigenvalue weighted by Crippen LogP contribution is 2.39. The average Bonchev–Trinajstić information content (AvgIpc) is 2.89. The third-order valence-electron chi connectivity index (χ3n) is 2.42. The van der Waals surface area contributed by atoms with E-state index in [9.17, 15) is 4.79 Å². The summed E-state index contributed by atoms with van der Waals surface area (Å²) >= 11 is 22.9. The summed E-state index contributed by atoms with van der Waals surface area (Å²) in [4.78, 5) is 16.6. The quantitative estimate of drug-likeness (QED) is 0.380. The maximum absolute atomic E-state index is 12.3. The lowest BCUT2D eigenvalue weighted by Crippen LogP contribution is -2.41. The molecule has 1 N–H and O–H groups in total. The van der Waals surface area contributed by atoms with E-state index in [0.29, 0.717) is 5.56 Å². The molecular weight excluding hydrogens is 486 g/mol. The molecule has 3 nitrogen and oxygen atoms in total. The molecule has 1 aliphatic heterocycles. The number of aliphatic imine (C=N–C) groups is 1. The monoisotopic (exact) mass is 494 g/mol. The number of carbonyl (C=O) groups excluding carboxylic acids is 1. The number of hydrogen-bond acceptors (Lipinski definition) is 4. The molecule has 0 spiro atoms. The van der Waals surface area contributed by atoms with Crippen molar-refractivity contribution in [2.75, 3.05) is 12.3 Å². The summed E-state index contributed by atoms with van der Waals surface area (Å²) < 4.78 is 0.178. The molecular formula is C12H10Cl3IN2OS2. The molecule has 1 amide bonds. The summed E-state index contributed by atoms with van der Waals surface area (Å²) in [5.74, 6) is 0.639. The Kier molecular flexibility index (Phi) is 6.83. The highest BCUT2D eigenvalue weighted by Gasteiger charge is 2.36. The molecule has 1 heterocycles.